The third-order valence-corrected chi connectivity index (χ3v) is 4.68. The molecule has 6 heteroatoms. The number of aryl methyl sites for hydroxylation is 1. The Morgan fingerprint density at radius 3 is 2.62 bits per heavy atom. The van der Waals surface area contributed by atoms with Gasteiger partial charge in [0.15, 0.2) is 0 Å². The molecule has 4 nitrogen and oxygen atoms in total. The molecule has 2 heterocycles. The van der Waals surface area contributed by atoms with Crippen molar-refractivity contribution in [2.45, 2.75) is 6.92 Å². The molecule has 1 aromatic heterocycles. The van der Waals surface area contributed by atoms with E-state index < -0.39 is 0 Å². The first-order chi connectivity index (χ1) is 10.1. The Kier molecular flexibility index (Phi) is 3.98. The van der Waals surface area contributed by atoms with Crippen LogP contribution in [0.15, 0.2) is 24.3 Å². The van der Waals surface area contributed by atoms with E-state index in [0.29, 0.717) is 4.88 Å². The van der Waals surface area contributed by atoms with Gasteiger partial charge in [-0.3, -0.25) is 4.79 Å². The van der Waals surface area contributed by atoms with E-state index in [1.54, 1.807) is 12.1 Å². The molecule has 21 heavy (non-hydrogen) atoms. The highest BCUT2D eigenvalue weighted by molar-refractivity contribution is 7.17. The lowest BCUT2D eigenvalue weighted by Crippen LogP contribution is -2.46. The highest BCUT2D eigenvalue weighted by Crippen LogP contribution is 2.29. The summed E-state index contributed by atoms with van der Waals surface area (Å²) in [6.07, 6.45) is 0. The van der Waals surface area contributed by atoms with Crippen LogP contribution in [0.4, 0.5) is 4.39 Å². The van der Waals surface area contributed by atoms with Crippen LogP contribution < -0.4 is 5.32 Å². The molecule has 0 radical (unpaired) electrons. The number of carbonyl (C=O) groups excluding carboxylic acids is 1. The Balaban J connectivity index is 1.87. The van der Waals surface area contributed by atoms with Gasteiger partial charge in [-0.1, -0.05) is 0 Å². The van der Waals surface area contributed by atoms with E-state index in [0.717, 1.165) is 42.4 Å². The first-order valence-electron chi connectivity index (χ1n) is 6.88. The average molecular weight is 305 g/mol. The summed E-state index contributed by atoms with van der Waals surface area (Å²) < 4.78 is 13.0. The van der Waals surface area contributed by atoms with Gasteiger partial charge in [-0.15, -0.1) is 11.3 Å². The van der Waals surface area contributed by atoms with E-state index in [9.17, 15) is 9.18 Å². The van der Waals surface area contributed by atoms with Crippen LogP contribution in [0.3, 0.4) is 0 Å². The molecule has 0 spiro atoms. The zero-order valence-corrected chi connectivity index (χ0v) is 12.5. The smallest absolute Gasteiger partial charge is 0.265 e. The van der Waals surface area contributed by atoms with E-state index in [1.165, 1.54) is 23.5 Å². The maximum Gasteiger partial charge on any atom is 0.265 e. The summed E-state index contributed by atoms with van der Waals surface area (Å²) in [5.74, 6) is -0.232. The predicted octanol–water partition coefficient (Wildman–Crippen LogP) is 2.30. The van der Waals surface area contributed by atoms with Gasteiger partial charge in [0.25, 0.3) is 5.91 Å². The first-order valence-corrected chi connectivity index (χ1v) is 7.70. The molecule has 1 amide bonds. The van der Waals surface area contributed by atoms with Crippen LogP contribution in [0.2, 0.25) is 0 Å². The highest BCUT2D eigenvalue weighted by atomic mass is 32.1. The van der Waals surface area contributed by atoms with E-state index in [-0.39, 0.29) is 11.7 Å². The Hall–Kier alpha value is -1.79. The molecular formula is C15H16FN3OS. The average Bonchev–Trinajstić information content (AvgIpc) is 2.90. The molecule has 1 aromatic carbocycles. The van der Waals surface area contributed by atoms with E-state index in [2.05, 4.69) is 10.3 Å². The number of carbonyl (C=O) groups is 1. The van der Waals surface area contributed by atoms with Gasteiger partial charge in [-0.25, -0.2) is 9.37 Å². The van der Waals surface area contributed by atoms with Gasteiger partial charge in [0.05, 0.1) is 5.69 Å². The second-order valence-electron chi connectivity index (χ2n) is 4.98. The Morgan fingerprint density at radius 2 is 1.95 bits per heavy atom. The summed E-state index contributed by atoms with van der Waals surface area (Å²) in [6, 6.07) is 6.19. The van der Waals surface area contributed by atoms with Gasteiger partial charge in [0.1, 0.15) is 15.7 Å². The van der Waals surface area contributed by atoms with Crippen molar-refractivity contribution in [2.75, 3.05) is 26.2 Å². The number of amides is 1. The third kappa shape index (κ3) is 2.96. The van der Waals surface area contributed by atoms with Gasteiger partial charge in [0.2, 0.25) is 0 Å². The summed E-state index contributed by atoms with van der Waals surface area (Å²) in [4.78, 5) is 19.5. The second kappa shape index (κ2) is 5.91. The fourth-order valence-corrected chi connectivity index (χ4v) is 3.36. The highest BCUT2D eigenvalue weighted by Gasteiger charge is 2.23. The lowest BCUT2D eigenvalue weighted by atomic mass is 10.2. The van der Waals surface area contributed by atoms with Gasteiger partial charge < -0.3 is 10.2 Å². The summed E-state index contributed by atoms with van der Waals surface area (Å²) >= 11 is 1.38. The van der Waals surface area contributed by atoms with Crippen molar-refractivity contribution >= 4 is 17.2 Å². The van der Waals surface area contributed by atoms with Gasteiger partial charge in [-0.2, -0.15) is 0 Å². The number of nitrogens with one attached hydrogen (secondary N) is 1. The minimum atomic E-state index is -0.274. The number of aromatic nitrogens is 1. The van der Waals surface area contributed by atoms with Crippen molar-refractivity contribution < 1.29 is 9.18 Å². The number of hydrogen-bond acceptors (Lipinski definition) is 4. The zero-order valence-electron chi connectivity index (χ0n) is 11.7. The Labute approximate surface area is 126 Å². The molecule has 3 rings (SSSR count). The fraction of sp³-hybridized carbons (Fsp3) is 0.333. The zero-order chi connectivity index (χ0) is 14.8. The minimum absolute atomic E-state index is 0.0415. The number of hydrogen-bond donors (Lipinski definition) is 1. The molecule has 110 valence electrons. The molecule has 1 aliphatic heterocycles. The standard InChI is InChI=1S/C15H16FN3OS/c1-10-13(15(20)19-8-6-17-7-9-19)21-14(18-10)11-2-4-12(16)5-3-11/h2-5,17H,6-9H2,1H3. The summed E-state index contributed by atoms with van der Waals surface area (Å²) in [5, 5.41) is 3.99. The summed E-state index contributed by atoms with van der Waals surface area (Å²) in [5.41, 5.74) is 1.58. The molecule has 1 aliphatic rings. The largest absolute Gasteiger partial charge is 0.335 e. The Bertz CT molecular complexity index is 647. The van der Waals surface area contributed by atoms with E-state index >= 15 is 0 Å². The van der Waals surface area contributed by atoms with Crippen molar-refractivity contribution in [1.82, 2.24) is 15.2 Å². The van der Waals surface area contributed by atoms with Crippen LogP contribution in [-0.2, 0) is 0 Å². The first kappa shape index (κ1) is 14.2. The normalized spacial score (nSPS) is 15.2. The SMILES string of the molecule is Cc1nc(-c2ccc(F)cc2)sc1C(=O)N1CCNCC1. The number of halogens is 1. The topological polar surface area (TPSA) is 45.2 Å². The summed E-state index contributed by atoms with van der Waals surface area (Å²) in [7, 11) is 0. The molecular weight excluding hydrogens is 289 g/mol. The predicted molar refractivity (Wildman–Crippen MR) is 81.0 cm³/mol. The summed E-state index contributed by atoms with van der Waals surface area (Å²) in [6.45, 7) is 4.95. The van der Waals surface area contributed by atoms with Crippen molar-refractivity contribution in [2.24, 2.45) is 0 Å². The number of benzene rings is 1. The number of thiazole rings is 1. The quantitative estimate of drug-likeness (QED) is 0.926. The van der Waals surface area contributed by atoms with Crippen molar-refractivity contribution in [3.8, 4) is 10.6 Å². The van der Waals surface area contributed by atoms with Gasteiger partial charge in [0, 0.05) is 31.7 Å². The third-order valence-electron chi connectivity index (χ3n) is 3.49. The molecule has 1 saturated heterocycles. The van der Waals surface area contributed by atoms with E-state index in [4.69, 9.17) is 0 Å². The van der Waals surface area contributed by atoms with Gasteiger partial charge >= 0.3 is 0 Å². The van der Waals surface area contributed by atoms with Crippen LogP contribution in [0, 0.1) is 12.7 Å². The monoisotopic (exact) mass is 305 g/mol. The molecule has 0 unspecified atom stereocenters. The van der Waals surface area contributed by atoms with Crippen molar-refractivity contribution in [1.29, 1.82) is 0 Å². The lowest BCUT2D eigenvalue weighted by Gasteiger charge is -2.27. The van der Waals surface area contributed by atoms with E-state index in [1.807, 2.05) is 11.8 Å². The molecule has 2 aromatic rings. The maximum absolute atomic E-state index is 13.0. The number of piperazine rings is 1. The maximum atomic E-state index is 13.0. The van der Waals surface area contributed by atoms with Crippen LogP contribution in [0.1, 0.15) is 15.4 Å². The van der Waals surface area contributed by atoms with Gasteiger partial charge in [-0.05, 0) is 31.2 Å². The number of rotatable bonds is 2. The lowest BCUT2D eigenvalue weighted by molar-refractivity contribution is 0.0739. The van der Waals surface area contributed by atoms with Crippen LogP contribution in [-0.4, -0.2) is 42.0 Å². The number of nitrogens with zero attached hydrogens (tertiary/aromatic N) is 2. The molecule has 0 saturated carbocycles. The molecule has 1 N–H and O–H groups in total. The van der Waals surface area contributed by atoms with Crippen LogP contribution in [0.5, 0.6) is 0 Å². The molecule has 0 bridgehead atoms. The minimum Gasteiger partial charge on any atom is -0.335 e. The van der Waals surface area contributed by atoms with Crippen molar-refractivity contribution in [3.05, 3.63) is 40.7 Å². The fourth-order valence-electron chi connectivity index (χ4n) is 2.32. The molecule has 1 fully saturated rings. The van der Waals surface area contributed by atoms with Crippen LogP contribution in [0.25, 0.3) is 10.6 Å². The Morgan fingerprint density at radius 1 is 1.29 bits per heavy atom. The molecule has 0 aliphatic carbocycles. The second-order valence-corrected chi connectivity index (χ2v) is 5.98. The van der Waals surface area contributed by atoms with Crippen LogP contribution >= 0.6 is 11.3 Å². The van der Waals surface area contributed by atoms with Crippen molar-refractivity contribution in [3.63, 3.8) is 0 Å². The molecule has 0 atom stereocenters.